The standard InChI is InChI=1S/C19H22N6/c1-24(13-10-16-8-11-20-12-9-16)19-22-18(14-21-23-19)25(2)15-17-6-4-3-5-7-17/h3-9,11-12,14H,10,13,15H2,1-2H3. The fraction of sp³-hybridized carbons (Fsp3) is 0.263. The van der Waals surface area contributed by atoms with Crippen molar-refractivity contribution in [1.29, 1.82) is 0 Å². The average Bonchev–Trinajstić information content (AvgIpc) is 2.68. The van der Waals surface area contributed by atoms with Crippen molar-refractivity contribution in [3.8, 4) is 0 Å². The molecule has 0 bridgehead atoms. The third-order valence-corrected chi connectivity index (χ3v) is 4.02. The predicted octanol–water partition coefficient (Wildman–Crippen LogP) is 2.58. The molecule has 3 rings (SSSR count). The molecule has 128 valence electrons. The van der Waals surface area contributed by atoms with E-state index in [1.165, 1.54) is 11.1 Å². The molecule has 0 unspecified atom stereocenters. The maximum atomic E-state index is 4.65. The summed E-state index contributed by atoms with van der Waals surface area (Å²) in [5, 5.41) is 8.28. The largest absolute Gasteiger partial charge is 0.354 e. The zero-order chi connectivity index (χ0) is 17.5. The van der Waals surface area contributed by atoms with Crippen LogP contribution in [0.15, 0.2) is 61.1 Å². The van der Waals surface area contributed by atoms with E-state index < -0.39 is 0 Å². The number of rotatable bonds is 7. The number of aromatic nitrogens is 4. The molecule has 0 N–H and O–H groups in total. The van der Waals surface area contributed by atoms with E-state index in [2.05, 4.69) is 37.2 Å². The predicted molar refractivity (Wildman–Crippen MR) is 99.6 cm³/mol. The summed E-state index contributed by atoms with van der Waals surface area (Å²) in [6.07, 6.45) is 6.23. The molecule has 6 heteroatoms. The van der Waals surface area contributed by atoms with Crippen LogP contribution in [-0.2, 0) is 13.0 Å². The van der Waals surface area contributed by atoms with Crippen LogP contribution < -0.4 is 9.80 Å². The fourth-order valence-corrected chi connectivity index (χ4v) is 2.52. The first kappa shape index (κ1) is 16.8. The Morgan fingerprint density at radius 3 is 2.40 bits per heavy atom. The minimum Gasteiger partial charge on any atom is -0.354 e. The first-order valence-corrected chi connectivity index (χ1v) is 8.27. The molecule has 25 heavy (non-hydrogen) atoms. The van der Waals surface area contributed by atoms with Crippen molar-refractivity contribution in [2.75, 3.05) is 30.4 Å². The van der Waals surface area contributed by atoms with Crippen molar-refractivity contribution in [3.05, 3.63) is 72.2 Å². The van der Waals surface area contributed by atoms with Gasteiger partial charge in [-0.3, -0.25) is 4.98 Å². The summed E-state index contributed by atoms with van der Waals surface area (Å²) < 4.78 is 0. The van der Waals surface area contributed by atoms with E-state index >= 15 is 0 Å². The van der Waals surface area contributed by atoms with Gasteiger partial charge in [0.15, 0.2) is 5.82 Å². The fourth-order valence-electron chi connectivity index (χ4n) is 2.52. The quantitative estimate of drug-likeness (QED) is 0.662. The molecule has 0 saturated carbocycles. The molecule has 3 aromatic rings. The Morgan fingerprint density at radius 2 is 1.64 bits per heavy atom. The van der Waals surface area contributed by atoms with Crippen LogP contribution >= 0.6 is 0 Å². The van der Waals surface area contributed by atoms with E-state index in [0.717, 1.165) is 25.3 Å². The second kappa shape index (κ2) is 8.19. The third kappa shape index (κ3) is 4.73. The molecular weight excluding hydrogens is 312 g/mol. The van der Waals surface area contributed by atoms with E-state index in [1.54, 1.807) is 6.20 Å². The van der Waals surface area contributed by atoms with E-state index in [9.17, 15) is 0 Å². The Morgan fingerprint density at radius 1 is 0.880 bits per heavy atom. The van der Waals surface area contributed by atoms with Crippen molar-refractivity contribution in [2.45, 2.75) is 13.0 Å². The minimum atomic E-state index is 0.631. The molecule has 1 aromatic carbocycles. The van der Waals surface area contributed by atoms with Crippen LogP contribution in [0.25, 0.3) is 0 Å². The van der Waals surface area contributed by atoms with Gasteiger partial charge in [0, 0.05) is 39.6 Å². The second-order valence-corrected chi connectivity index (χ2v) is 5.98. The van der Waals surface area contributed by atoms with Gasteiger partial charge in [-0.15, -0.1) is 5.10 Å². The number of hydrogen-bond acceptors (Lipinski definition) is 6. The Bertz CT molecular complexity index is 778. The third-order valence-electron chi connectivity index (χ3n) is 4.02. The lowest BCUT2D eigenvalue weighted by Crippen LogP contribution is -2.25. The zero-order valence-corrected chi connectivity index (χ0v) is 14.6. The van der Waals surface area contributed by atoms with Crippen molar-refractivity contribution in [1.82, 2.24) is 20.2 Å². The summed E-state index contributed by atoms with van der Waals surface area (Å²) in [5.41, 5.74) is 2.48. The Hall–Kier alpha value is -3.02. The molecule has 6 nitrogen and oxygen atoms in total. The molecule has 0 aliphatic heterocycles. The van der Waals surface area contributed by atoms with Crippen LogP contribution in [0, 0.1) is 0 Å². The maximum absolute atomic E-state index is 4.65. The van der Waals surface area contributed by atoms with Gasteiger partial charge in [0.05, 0.1) is 6.20 Å². The summed E-state index contributed by atoms with van der Waals surface area (Å²) in [6, 6.07) is 14.4. The minimum absolute atomic E-state index is 0.631. The number of hydrogen-bond donors (Lipinski definition) is 0. The number of nitrogens with zero attached hydrogens (tertiary/aromatic N) is 6. The molecule has 0 saturated heterocycles. The summed E-state index contributed by atoms with van der Waals surface area (Å²) in [4.78, 5) is 12.8. The molecule has 0 spiro atoms. The summed E-state index contributed by atoms with van der Waals surface area (Å²) in [6.45, 7) is 1.59. The van der Waals surface area contributed by atoms with Gasteiger partial charge in [-0.1, -0.05) is 30.3 Å². The molecule has 2 heterocycles. The topological polar surface area (TPSA) is 58.0 Å². The van der Waals surface area contributed by atoms with E-state index in [0.29, 0.717) is 5.95 Å². The molecule has 0 aliphatic carbocycles. The molecule has 0 radical (unpaired) electrons. The lowest BCUT2D eigenvalue weighted by atomic mass is 10.2. The molecule has 2 aromatic heterocycles. The van der Waals surface area contributed by atoms with Gasteiger partial charge >= 0.3 is 0 Å². The maximum Gasteiger partial charge on any atom is 0.247 e. The van der Waals surface area contributed by atoms with Gasteiger partial charge in [0.25, 0.3) is 0 Å². The molecule has 0 fully saturated rings. The van der Waals surface area contributed by atoms with E-state index in [1.807, 2.05) is 61.7 Å². The highest BCUT2D eigenvalue weighted by atomic mass is 15.3. The smallest absolute Gasteiger partial charge is 0.247 e. The second-order valence-electron chi connectivity index (χ2n) is 5.98. The van der Waals surface area contributed by atoms with Crippen molar-refractivity contribution in [2.24, 2.45) is 0 Å². The number of likely N-dealkylation sites (N-methyl/N-ethyl adjacent to an activating group) is 1. The van der Waals surface area contributed by atoms with Crippen LogP contribution in [0.2, 0.25) is 0 Å². The SMILES string of the molecule is CN(Cc1ccccc1)c1cnnc(N(C)CCc2ccncc2)n1. The first-order valence-electron chi connectivity index (χ1n) is 8.27. The highest BCUT2D eigenvalue weighted by Gasteiger charge is 2.10. The number of benzene rings is 1. The highest BCUT2D eigenvalue weighted by molar-refractivity contribution is 5.41. The zero-order valence-electron chi connectivity index (χ0n) is 14.6. The van der Waals surface area contributed by atoms with E-state index in [4.69, 9.17) is 0 Å². The van der Waals surface area contributed by atoms with Gasteiger partial charge in [0.1, 0.15) is 0 Å². The Balaban J connectivity index is 1.64. The monoisotopic (exact) mass is 334 g/mol. The van der Waals surface area contributed by atoms with Crippen LogP contribution in [0.5, 0.6) is 0 Å². The van der Waals surface area contributed by atoms with Crippen LogP contribution in [0.3, 0.4) is 0 Å². The van der Waals surface area contributed by atoms with Gasteiger partial charge in [-0.25, -0.2) is 0 Å². The number of anilines is 2. The van der Waals surface area contributed by atoms with Gasteiger partial charge < -0.3 is 9.80 Å². The lowest BCUT2D eigenvalue weighted by Gasteiger charge is -2.21. The lowest BCUT2D eigenvalue weighted by molar-refractivity contribution is 0.794. The highest BCUT2D eigenvalue weighted by Crippen LogP contribution is 2.14. The molecule has 0 amide bonds. The van der Waals surface area contributed by atoms with Crippen LogP contribution in [0.1, 0.15) is 11.1 Å². The summed E-state index contributed by atoms with van der Waals surface area (Å²) in [7, 11) is 4.00. The first-order chi connectivity index (χ1) is 12.2. The van der Waals surface area contributed by atoms with Gasteiger partial charge in [-0.2, -0.15) is 10.1 Å². The molecule has 0 atom stereocenters. The Kier molecular flexibility index (Phi) is 5.51. The summed E-state index contributed by atoms with van der Waals surface area (Å²) >= 11 is 0. The normalized spacial score (nSPS) is 10.5. The van der Waals surface area contributed by atoms with Crippen LogP contribution in [0.4, 0.5) is 11.8 Å². The number of pyridine rings is 1. The van der Waals surface area contributed by atoms with Crippen molar-refractivity contribution in [3.63, 3.8) is 0 Å². The average molecular weight is 334 g/mol. The van der Waals surface area contributed by atoms with Gasteiger partial charge in [0.2, 0.25) is 5.95 Å². The van der Waals surface area contributed by atoms with Crippen molar-refractivity contribution >= 4 is 11.8 Å². The molecule has 0 aliphatic rings. The van der Waals surface area contributed by atoms with E-state index in [-0.39, 0.29) is 0 Å². The molecular formula is C19H22N6. The van der Waals surface area contributed by atoms with Gasteiger partial charge in [-0.05, 0) is 29.7 Å². The van der Waals surface area contributed by atoms with Crippen LogP contribution in [-0.4, -0.2) is 40.8 Å². The Labute approximate surface area is 148 Å². The summed E-state index contributed by atoms with van der Waals surface area (Å²) in [5.74, 6) is 1.44. The van der Waals surface area contributed by atoms with Crippen molar-refractivity contribution < 1.29 is 0 Å².